The van der Waals surface area contributed by atoms with Crippen LogP contribution in [0.25, 0.3) is 5.65 Å². The number of imidazole rings is 1. The number of fused-ring (bicyclic) bond motifs is 1. The predicted octanol–water partition coefficient (Wildman–Crippen LogP) is 4.37. The molecule has 0 radical (unpaired) electrons. The van der Waals surface area contributed by atoms with E-state index in [0.717, 1.165) is 16.6 Å². The molecule has 1 N–H and O–H groups in total. The molecule has 4 nitrogen and oxygen atoms in total. The highest BCUT2D eigenvalue weighted by Gasteiger charge is 2.30. The zero-order valence-corrected chi connectivity index (χ0v) is 13.0. The van der Waals surface area contributed by atoms with Gasteiger partial charge in [-0.05, 0) is 52.3 Å². The summed E-state index contributed by atoms with van der Waals surface area (Å²) in [5.74, 6) is -0.496. The molecule has 0 atom stereocenters. The molecular formula is C15H9BrF3N3O. The lowest BCUT2D eigenvalue weighted by Gasteiger charge is -2.08. The van der Waals surface area contributed by atoms with Crippen molar-refractivity contribution >= 4 is 33.2 Å². The van der Waals surface area contributed by atoms with Gasteiger partial charge in [-0.2, -0.15) is 13.2 Å². The largest absolute Gasteiger partial charge is 0.416 e. The topological polar surface area (TPSA) is 46.4 Å². The van der Waals surface area contributed by atoms with Crippen molar-refractivity contribution in [3.63, 3.8) is 0 Å². The third-order valence-corrected chi connectivity index (χ3v) is 3.59. The zero-order valence-electron chi connectivity index (χ0n) is 11.4. The smallest absolute Gasteiger partial charge is 0.321 e. The first-order chi connectivity index (χ1) is 10.8. The Bertz CT molecular complexity index is 872. The number of benzene rings is 1. The summed E-state index contributed by atoms with van der Waals surface area (Å²) in [5.41, 5.74) is 0.253. The van der Waals surface area contributed by atoms with Gasteiger partial charge in [0, 0.05) is 22.6 Å². The summed E-state index contributed by atoms with van der Waals surface area (Å²) in [6.45, 7) is 0. The van der Waals surface area contributed by atoms with Gasteiger partial charge in [0.2, 0.25) is 0 Å². The lowest BCUT2D eigenvalue weighted by atomic mass is 10.2. The number of halogens is 4. The number of hydrogen-bond donors (Lipinski definition) is 1. The number of nitrogens with zero attached hydrogens (tertiary/aromatic N) is 2. The maximum atomic E-state index is 12.5. The van der Waals surface area contributed by atoms with Crippen molar-refractivity contribution in [3.05, 3.63) is 64.5 Å². The lowest BCUT2D eigenvalue weighted by Crippen LogP contribution is -2.12. The molecule has 118 valence electrons. The number of amides is 1. The maximum Gasteiger partial charge on any atom is 0.416 e. The van der Waals surface area contributed by atoms with Gasteiger partial charge in [-0.1, -0.05) is 0 Å². The highest BCUT2D eigenvalue weighted by molar-refractivity contribution is 9.10. The molecule has 3 rings (SSSR count). The van der Waals surface area contributed by atoms with Crippen molar-refractivity contribution in [3.8, 4) is 0 Å². The lowest BCUT2D eigenvalue weighted by molar-refractivity contribution is -0.137. The summed E-state index contributed by atoms with van der Waals surface area (Å²) in [7, 11) is 0. The van der Waals surface area contributed by atoms with Crippen LogP contribution in [0.15, 0.2) is 53.3 Å². The molecule has 0 unspecified atom stereocenters. The Morgan fingerprint density at radius 2 is 1.78 bits per heavy atom. The second-order valence-electron chi connectivity index (χ2n) is 4.77. The van der Waals surface area contributed by atoms with Gasteiger partial charge in [0.1, 0.15) is 11.3 Å². The molecule has 0 saturated carbocycles. The second-order valence-corrected chi connectivity index (χ2v) is 5.68. The van der Waals surface area contributed by atoms with Gasteiger partial charge < -0.3 is 9.72 Å². The number of rotatable bonds is 2. The maximum absolute atomic E-state index is 12.5. The number of anilines is 1. The van der Waals surface area contributed by atoms with E-state index in [1.54, 1.807) is 28.9 Å². The van der Waals surface area contributed by atoms with Gasteiger partial charge >= 0.3 is 6.18 Å². The van der Waals surface area contributed by atoms with Crippen molar-refractivity contribution in [1.82, 2.24) is 9.38 Å². The van der Waals surface area contributed by atoms with E-state index in [1.165, 1.54) is 12.1 Å². The van der Waals surface area contributed by atoms with Crippen molar-refractivity contribution in [2.24, 2.45) is 0 Å². The number of aromatic nitrogens is 2. The van der Waals surface area contributed by atoms with Gasteiger partial charge in [0.05, 0.1) is 5.56 Å². The third-order valence-electron chi connectivity index (χ3n) is 3.12. The number of nitrogens with one attached hydrogen (secondary N) is 1. The second kappa shape index (κ2) is 5.69. The van der Waals surface area contributed by atoms with E-state index in [4.69, 9.17) is 0 Å². The van der Waals surface area contributed by atoms with Crippen LogP contribution in [0.5, 0.6) is 0 Å². The fraction of sp³-hybridized carbons (Fsp3) is 0.0667. The molecule has 3 aromatic rings. The average Bonchev–Trinajstić information content (AvgIpc) is 2.90. The Morgan fingerprint density at radius 1 is 1.09 bits per heavy atom. The van der Waals surface area contributed by atoms with Gasteiger partial charge in [0.15, 0.2) is 0 Å². The molecule has 0 fully saturated rings. The summed E-state index contributed by atoms with van der Waals surface area (Å²) >= 11 is 3.31. The molecule has 23 heavy (non-hydrogen) atoms. The molecule has 0 aliphatic rings. The zero-order chi connectivity index (χ0) is 16.6. The van der Waals surface area contributed by atoms with Gasteiger partial charge in [0.25, 0.3) is 5.91 Å². The molecule has 1 aromatic carbocycles. The molecule has 2 heterocycles. The van der Waals surface area contributed by atoms with E-state index in [9.17, 15) is 18.0 Å². The van der Waals surface area contributed by atoms with Crippen molar-refractivity contribution in [2.45, 2.75) is 6.18 Å². The van der Waals surface area contributed by atoms with Crippen LogP contribution in [-0.4, -0.2) is 15.3 Å². The normalized spacial score (nSPS) is 11.7. The number of carbonyl (C=O) groups is 1. The molecule has 0 saturated heterocycles. The van der Waals surface area contributed by atoms with Crippen LogP contribution >= 0.6 is 15.9 Å². The SMILES string of the molecule is O=C(Nc1ccc(C(F)(F)F)cc1)c1cn2cc(Br)ccc2n1. The number of pyridine rings is 1. The summed E-state index contributed by atoms with van der Waals surface area (Å²) in [6, 6.07) is 7.76. The Balaban J connectivity index is 1.80. The molecule has 0 spiro atoms. The van der Waals surface area contributed by atoms with E-state index in [1.807, 2.05) is 0 Å². The summed E-state index contributed by atoms with van der Waals surface area (Å²) in [5, 5.41) is 2.52. The van der Waals surface area contributed by atoms with E-state index < -0.39 is 17.6 Å². The van der Waals surface area contributed by atoms with Crippen LogP contribution in [0.2, 0.25) is 0 Å². The molecule has 2 aromatic heterocycles. The van der Waals surface area contributed by atoms with Crippen molar-refractivity contribution < 1.29 is 18.0 Å². The number of alkyl halides is 3. The standard InChI is InChI=1S/C15H9BrF3N3O/c16-10-3-6-13-21-12(8-22(13)7-10)14(23)20-11-4-1-9(2-5-11)15(17,18)19/h1-8H,(H,20,23). The highest BCUT2D eigenvalue weighted by atomic mass is 79.9. The predicted molar refractivity (Wildman–Crippen MR) is 82.3 cm³/mol. The van der Waals surface area contributed by atoms with Crippen LogP contribution < -0.4 is 5.32 Å². The Labute approximate surface area is 137 Å². The highest BCUT2D eigenvalue weighted by Crippen LogP contribution is 2.29. The summed E-state index contributed by atoms with van der Waals surface area (Å²) in [6.07, 6.45) is -1.12. The molecule has 0 aliphatic heterocycles. The molecule has 8 heteroatoms. The van der Waals surface area contributed by atoms with Crippen LogP contribution in [-0.2, 0) is 6.18 Å². The molecule has 0 aliphatic carbocycles. The number of hydrogen-bond acceptors (Lipinski definition) is 2. The monoisotopic (exact) mass is 383 g/mol. The fourth-order valence-electron chi connectivity index (χ4n) is 2.01. The van der Waals surface area contributed by atoms with Gasteiger partial charge in [-0.25, -0.2) is 4.98 Å². The van der Waals surface area contributed by atoms with E-state index >= 15 is 0 Å². The van der Waals surface area contributed by atoms with Crippen molar-refractivity contribution in [2.75, 3.05) is 5.32 Å². The van der Waals surface area contributed by atoms with Crippen LogP contribution in [0.1, 0.15) is 16.1 Å². The minimum atomic E-state index is -4.41. The summed E-state index contributed by atoms with van der Waals surface area (Å²) in [4.78, 5) is 16.3. The third kappa shape index (κ3) is 3.37. The molecular weight excluding hydrogens is 375 g/mol. The van der Waals surface area contributed by atoms with Gasteiger partial charge in [-0.3, -0.25) is 4.79 Å². The van der Waals surface area contributed by atoms with E-state index in [-0.39, 0.29) is 11.4 Å². The molecule has 0 bridgehead atoms. The first-order valence-corrected chi connectivity index (χ1v) is 7.25. The first kappa shape index (κ1) is 15.5. The summed E-state index contributed by atoms with van der Waals surface area (Å²) < 4.78 is 40.0. The average molecular weight is 384 g/mol. The van der Waals surface area contributed by atoms with Crippen LogP contribution in [0, 0.1) is 0 Å². The van der Waals surface area contributed by atoms with Crippen LogP contribution in [0.3, 0.4) is 0 Å². The van der Waals surface area contributed by atoms with E-state index in [2.05, 4.69) is 26.2 Å². The Kier molecular flexibility index (Phi) is 3.85. The first-order valence-electron chi connectivity index (χ1n) is 6.46. The van der Waals surface area contributed by atoms with E-state index in [0.29, 0.717) is 5.65 Å². The van der Waals surface area contributed by atoms with Crippen molar-refractivity contribution in [1.29, 1.82) is 0 Å². The Hall–Kier alpha value is -2.35. The van der Waals surface area contributed by atoms with Crippen LogP contribution in [0.4, 0.5) is 18.9 Å². The fourth-order valence-corrected chi connectivity index (χ4v) is 2.36. The quantitative estimate of drug-likeness (QED) is 0.714. The molecule has 1 amide bonds. The minimum Gasteiger partial charge on any atom is -0.321 e. The Morgan fingerprint density at radius 3 is 2.43 bits per heavy atom. The number of carbonyl (C=O) groups excluding carboxylic acids is 1. The van der Waals surface area contributed by atoms with Gasteiger partial charge in [-0.15, -0.1) is 0 Å². The minimum absolute atomic E-state index is 0.169.